The standard InChI is InChI=1S/C14H17N5O/c1-19-9-16-13(18-19)8-15-14(20)17-12-6-10-4-2-3-5-11(10)7-12/h2-5,9,12H,6-8H2,1H3,(H2,15,17,20). The Kier molecular flexibility index (Phi) is 3.37. The number of fused-ring (bicyclic) bond motifs is 1. The highest BCUT2D eigenvalue weighted by Gasteiger charge is 2.22. The summed E-state index contributed by atoms with van der Waals surface area (Å²) in [6.07, 6.45) is 3.40. The van der Waals surface area contributed by atoms with Crippen molar-refractivity contribution in [3.05, 3.63) is 47.5 Å². The smallest absolute Gasteiger partial charge is 0.315 e. The highest BCUT2D eigenvalue weighted by atomic mass is 16.2. The SMILES string of the molecule is Cn1cnc(CNC(=O)NC2Cc3ccccc3C2)n1. The predicted molar refractivity (Wildman–Crippen MR) is 74.0 cm³/mol. The molecule has 0 saturated heterocycles. The molecule has 0 spiro atoms. The molecular weight excluding hydrogens is 254 g/mol. The monoisotopic (exact) mass is 271 g/mol. The minimum atomic E-state index is -0.171. The Hall–Kier alpha value is -2.37. The van der Waals surface area contributed by atoms with Gasteiger partial charge in [-0.25, -0.2) is 9.78 Å². The number of carbonyl (C=O) groups is 1. The van der Waals surface area contributed by atoms with E-state index in [1.54, 1.807) is 18.1 Å². The molecule has 0 fully saturated rings. The van der Waals surface area contributed by atoms with Crippen LogP contribution in [0.3, 0.4) is 0 Å². The minimum absolute atomic E-state index is 0.170. The van der Waals surface area contributed by atoms with Crippen molar-refractivity contribution in [2.24, 2.45) is 7.05 Å². The van der Waals surface area contributed by atoms with Gasteiger partial charge >= 0.3 is 6.03 Å². The molecule has 0 atom stereocenters. The molecule has 3 rings (SSSR count). The third-order valence-electron chi connectivity index (χ3n) is 3.44. The van der Waals surface area contributed by atoms with Crippen molar-refractivity contribution in [1.29, 1.82) is 0 Å². The second-order valence-corrected chi connectivity index (χ2v) is 5.04. The van der Waals surface area contributed by atoms with Crippen molar-refractivity contribution < 1.29 is 4.79 Å². The Labute approximate surface area is 117 Å². The first-order chi connectivity index (χ1) is 9.70. The molecule has 104 valence electrons. The maximum absolute atomic E-state index is 11.8. The molecule has 0 bridgehead atoms. The summed E-state index contributed by atoms with van der Waals surface area (Å²) in [6, 6.07) is 8.31. The summed E-state index contributed by atoms with van der Waals surface area (Å²) in [4.78, 5) is 15.9. The summed E-state index contributed by atoms with van der Waals surface area (Å²) in [6.45, 7) is 0.340. The van der Waals surface area contributed by atoms with E-state index in [4.69, 9.17) is 0 Å². The lowest BCUT2D eigenvalue weighted by Crippen LogP contribution is -2.42. The van der Waals surface area contributed by atoms with E-state index >= 15 is 0 Å². The largest absolute Gasteiger partial charge is 0.335 e. The number of hydrogen-bond acceptors (Lipinski definition) is 3. The molecule has 0 saturated carbocycles. The predicted octanol–water partition coefficient (Wildman–Crippen LogP) is 0.782. The minimum Gasteiger partial charge on any atom is -0.335 e. The van der Waals surface area contributed by atoms with Gasteiger partial charge in [0, 0.05) is 13.1 Å². The molecule has 20 heavy (non-hydrogen) atoms. The summed E-state index contributed by atoms with van der Waals surface area (Å²) in [5, 5.41) is 9.88. The highest BCUT2D eigenvalue weighted by Crippen LogP contribution is 2.21. The van der Waals surface area contributed by atoms with Gasteiger partial charge in [0.2, 0.25) is 0 Å². The van der Waals surface area contributed by atoms with Crippen molar-refractivity contribution in [3.8, 4) is 0 Å². The molecule has 0 unspecified atom stereocenters. The zero-order chi connectivity index (χ0) is 13.9. The number of nitrogens with zero attached hydrogens (tertiary/aromatic N) is 3. The summed E-state index contributed by atoms with van der Waals surface area (Å²) < 4.78 is 1.61. The first-order valence-electron chi connectivity index (χ1n) is 6.66. The molecule has 0 aliphatic heterocycles. The molecule has 0 radical (unpaired) electrons. The van der Waals surface area contributed by atoms with E-state index in [1.807, 2.05) is 12.1 Å². The van der Waals surface area contributed by atoms with Gasteiger partial charge in [-0.15, -0.1) is 0 Å². The van der Waals surface area contributed by atoms with E-state index < -0.39 is 0 Å². The average Bonchev–Trinajstić information content (AvgIpc) is 3.01. The van der Waals surface area contributed by atoms with Crippen LogP contribution in [0.1, 0.15) is 17.0 Å². The van der Waals surface area contributed by atoms with Crippen molar-refractivity contribution in [2.45, 2.75) is 25.4 Å². The first-order valence-corrected chi connectivity index (χ1v) is 6.66. The third kappa shape index (κ3) is 2.79. The van der Waals surface area contributed by atoms with Crippen LogP contribution in [0, 0.1) is 0 Å². The van der Waals surface area contributed by atoms with Gasteiger partial charge in [-0.2, -0.15) is 5.10 Å². The second kappa shape index (κ2) is 5.32. The molecular formula is C14H17N5O. The van der Waals surface area contributed by atoms with E-state index in [0.29, 0.717) is 12.4 Å². The van der Waals surface area contributed by atoms with Crippen LogP contribution < -0.4 is 10.6 Å². The van der Waals surface area contributed by atoms with E-state index in [9.17, 15) is 4.79 Å². The lowest BCUT2D eigenvalue weighted by molar-refractivity contribution is 0.236. The number of benzene rings is 1. The molecule has 2 N–H and O–H groups in total. The van der Waals surface area contributed by atoms with Gasteiger partial charge in [0.25, 0.3) is 0 Å². The summed E-state index contributed by atoms with van der Waals surface area (Å²) >= 11 is 0. The van der Waals surface area contributed by atoms with Crippen molar-refractivity contribution in [3.63, 3.8) is 0 Å². The van der Waals surface area contributed by atoms with Crippen LogP contribution in [-0.4, -0.2) is 26.8 Å². The molecule has 1 aromatic heterocycles. The van der Waals surface area contributed by atoms with E-state index in [2.05, 4.69) is 32.8 Å². The Morgan fingerprint density at radius 2 is 2.05 bits per heavy atom. The van der Waals surface area contributed by atoms with Crippen LogP contribution in [0.2, 0.25) is 0 Å². The summed E-state index contributed by atoms with van der Waals surface area (Å²) in [5.41, 5.74) is 2.65. The molecule has 1 aliphatic carbocycles. The summed E-state index contributed by atoms with van der Waals surface area (Å²) in [5.74, 6) is 0.609. The Bertz CT molecular complexity index is 597. The number of nitrogens with one attached hydrogen (secondary N) is 2. The zero-order valence-corrected chi connectivity index (χ0v) is 11.3. The van der Waals surface area contributed by atoms with Crippen LogP contribution in [0.5, 0.6) is 0 Å². The van der Waals surface area contributed by atoms with Crippen LogP contribution in [0.15, 0.2) is 30.6 Å². The molecule has 6 heteroatoms. The van der Waals surface area contributed by atoms with Gasteiger partial charge in [-0.1, -0.05) is 24.3 Å². The lowest BCUT2D eigenvalue weighted by Gasteiger charge is -2.12. The van der Waals surface area contributed by atoms with Crippen LogP contribution in [0.4, 0.5) is 4.79 Å². The average molecular weight is 271 g/mol. The molecule has 6 nitrogen and oxygen atoms in total. The zero-order valence-electron chi connectivity index (χ0n) is 11.3. The number of aromatic nitrogens is 3. The van der Waals surface area contributed by atoms with Gasteiger partial charge in [0.15, 0.2) is 5.82 Å². The number of rotatable bonds is 3. The van der Waals surface area contributed by atoms with E-state index in [0.717, 1.165) is 12.8 Å². The Balaban J connectivity index is 1.48. The van der Waals surface area contributed by atoms with Gasteiger partial charge in [0.1, 0.15) is 6.33 Å². The van der Waals surface area contributed by atoms with Crippen molar-refractivity contribution >= 4 is 6.03 Å². The molecule has 1 aliphatic rings. The maximum atomic E-state index is 11.8. The number of aryl methyl sites for hydroxylation is 1. The van der Waals surface area contributed by atoms with Crippen molar-refractivity contribution in [2.75, 3.05) is 0 Å². The van der Waals surface area contributed by atoms with Gasteiger partial charge in [-0.3, -0.25) is 4.68 Å². The third-order valence-corrected chi connectivity index (χ3v) is 3.44. The lowest BCUT2D eigenvalue weighted by atomic mass is 10.1. The quantitative estimate of drug-likeness (QED) is 0.866. The maximum Gasteiger partial charge on any atom is 0.315 e. The molecule has 2 aromatic rings. The fraction of sp³-hybridized carbons (Fsp3) is 0.357. The van der Waals surface area contributed by atoms with Crippen molar-refractivity contribution in [1.82, 2.24) is 25.4 Å². The normalized spacial score (nSPS) is 14.1. The molecule has 1 heterocycles. The fourth-order valence-corrected chi connectivity index (χ4v) is 2.52. The Morgan fingerprint density at radius 3 is 2.65 bits per heavy atom. The highest BCUT2D eigenvalue weighted by molar-refractivity contribution is 5.74. The summed E-state index contributed by atoms with van der Waals surface area (Å²) in [7, 11) is 1.80. The van der Waals surface area contributed by atoms with Gasteiger partial charge in [-0.05, 0) is 24.0 Å². The first kappa shape index (κ1) is 12.7. The van der Waals surface area contributed by atoms with Crippen LogP contribution in [0.25, 0.3) is 0 Å². The van der Waals surface area contributed by atoms with Crippen LogP contribution >= 0.6 is 0 Å². The number of urea groups is 1. The second-order valence-electron chi connectivity index (χ2n) is 5.04. The molecule has 2 amide bonds. The van der Waals surface area contributed by atoms with E-state index in [1.165, 1.54) is 11.1 Å². The number of amides is 2. The topological polar surface area (TPSA) is 71.8 Å². The van der Waals surface area contributed by atoms with Gasteiger partial charge in [0.05, 0.1) is 6.54 Å². The fourth-order valence-electron chi connectivity index (χ4n) is 2.52. The van der Waals surface area contributed by atoms with Gasteiger partial charge < -0.3 is 10.6 Å². The molecule has 1 aromatic carbocycles. The number of carbonyl (C=O) groups excluding carboxylic acids is 1. The Morgan fingerprint density at radius 1 is 1.35 bits per heavy atom. The van der Waals surface area contributed by atoms with E-state index in [-0.39, 0.29) is 12.1 Å². The number of hydrogen-bond donors (Lipinski definition) is 2. The van der Waals surface area contributed by atoms with Crippen LogP contribution in [-0.2, 0) is 26.4 Å².